The summed E-state index contributed by atoms with van der Waals surface area (Å²) in [7, 11) is 0. The number of esters is 1. The van der Waals surface area contributed by atoms with E-state index in [1.54, 1.807) is 45.0 Å². The molecule has 3 aromatic rings. The molecule has 3 aromatic carbocycles. The number of nitrogens with one attached hydrogen (secondary N) is 2. The number of aliphatic hydroxyl groups excluding tert-OH is 1. The number of aliphatic imine (C=N–C) groups is 1. The Morgan fingerprint density at radius 1 is 1.09 bits per heavy atom. The molecule has 1 heterocycles. The number of carbonyl (C=O) groups is 2. The number of hydrogen-bond donors (Lipinski definition) is 3. The molecule has 0 saturated carbocycles. The van der Waals surface area contributed by atoms with Crippen LogP contribution in [0.4, 0.5) is 0 Å². The van der Waals surface area contributed by atoms with Crippen molar-refractivity contribution in [3.05, 3.63) is 99.0 Å². The first-order valence-electron chi connectivity index (χ1n) is 14.9. The minimum absolute atomic E-state index is 0.0293. The number of amides is 1. The first-order valence-corrected chi connectivity index (χ1v) is 16.0. The Hall–Kier alpha value is -3.44. The molecular formula is C34H39BrClN3O6. The summed E-state index contributed by atoms with van der Waals surface area (Å²) >= 11 is 9.75. The summed E-state index contributed by atoms with van der Waals surface area (Å²) in [6.45, 7) is 6.26. The van der Waals surface area contributed by atoms with Gasteiger partial charge in [-0.05, 0) is 81.6 Å². The van der Waals surface area contributed by atoms with Gasteiger partial charge in [0.1, 0.15) is 11.4 Å². The van der Waals surface area contributed by atoms with Crippen LogP contribution in [0, 0.1) is 0 Å². The summed E-state index contributed by atoms with van der Waals surface area (Å²) in [6, 6.07) is 22.2. The second-order valence-corrected chi connectivity index (χ2v) is 12.9. The number of hydrogen-bond acceptors (Lipinski definition) is 8. The van der Waals surface area contributed by atoms with E-state index in [9.17, 15) is 9.59 Å². The van der Waals surface area contributed by atoms with Crippen molar-refractivity contribution in [1.29, 1.82) is 0 Å². The third-order valence-electron chi connectivity index (χ3n) is 6.98. The lowest BCUT2D eigenvalue weighted by atomic mass is 9.83. The van der Waals surface area contributed by atoms with Crippen LogP contribution < -0.4 is 15.6 Å². The zero-order chi connectivity index (χ0) is 32.5. The summed E-state index contributed by atoms with van der Waals surface area (Å²) in [5.41, 5.74) is 6.02. The largest absolute Gasteiger partial charge is 0.494 e. The van der Waals surface area contributed by atoms with Gasteiger partial charge in [-0.15, -0.1) is 0 Å². The van der Waals surface area contributed by atoms with Crippen LogP contribution in [0.15, 0.2) is 82.3 Å². The number of halogens is 2. The van der Waals surface area contributed by atoms with Crippen molar-refractivity contribution in [3.8, 4) is 5.75 Å². The lowest BCUT2D eigenvalue weighted by Gasteiger charge is -2.31. The predicted octanol–water partition coefficient (Wildman–Crippen LogP) is 6.11. The van der Waals surface area contributed by atoms with Crippen molar-refractivity contribution in [1.82, 2.24) is 10.9 Å². The molecule has 0 unspecified atom stereocenters. The first kappa shape index (κ1) is 34.4. The fourth-order valence-electron chi connectivity index (χ4n) is 4.87. The average Bonchev–Trinajstić information content (AvgIpc) is 3.39. The molecule has 0 fully saturated rings. The van der Waals surface area contributed by atoms with Crippen LogP contribution in [0.2, 0.25) is 5.02 Å². The van der Waals surface area contributed by atoms with Crippen LogP contribution >= 0.6 is 27.5 Å². The molecule has 4 rings (SSSR count). The quantitative estimate of drug-likeness (QED) is 0.106. The van der Waals surface area contributed by atoms with Gasteiger partial charge in [0.2, 0.25) is 5.90 Å². The molecular weight excluding hydrogens is 662 g/mol. The maximum Gasteiger partial charge on any atom is 0.306 e. The Morgan fingerprint density at radius 2 is 1.84 bits per heavy atom. The number of nitrogens with zero attached hydrogens (tertiary/aromatic N) is 1. The van der Waals surface area contributed by atoms with Gasteiger partial charge in [0.05, 0.1) is 6.61 Å². The standard InChI is InChI=1S/C34H39BrClN3O6/c1-33(2,3)45-29(41)16-18-34(32(42)39-37-19-17-23-8-6-9-25(36)22-23)30(27-10-4-5-11-28(27)35)44-31(38-34)24-12-14-26(15-13-24)43-21-7-20-40/h4-6,8-15,22,30,37,40H,7,16-21H2,1-3H3,(H,39,42)/t30-,34-/m0/s1. The third kappa shape index (κ3) is 9.53. The van der Waals surface area contributed by atoms with E-state index in [-0.39, 0.29) is 25.3 Å². The SMILES string of the molecule is CC(C)(C)OC(=O)CC[C@]1(C(=O)NNCCc2cccc(Cl)c2)N=C(c2ccc(OCCCO)cc2)O[C@H]1c1ccccc1Br. The number of benzene rings is 3. The Bertz CT molecular complexity index is 1490. The fraction of sp³-hybridized carbons (Fsp3) is 0.382. The van der Waals surface area contributed by atoms with Crippen molar-refractivity contribution in [2.75, 3.05) is 19.8 Å². The Kier molecular flexibility index (Phi) is 12.0. The highest BCUT2D eigenvalue weighted by Crippen LogP contribution is 2.45. The third-order valence-corrected chi connectivity index (χ3v) is 7.93. The van der Waals surface area contributed by atoms with E-state index in [4.69, 9.17) is 35.9 Å². The average molecular weight is 701 g/mol. The zero-order valence-corrected chi connectivity index (χ0v) is 28.0. The van der Waals surface area contributed by atoms with Crippen LogP contribution in [0.5, 0.6) is 5.75 Å². The maximum absolute atomic E-state index is 14.2. The van der Waals surface area contributed by atoms with Crippen LogP contribution in [-0.2, 0) is 25.5 Å². The normalized spacial score (nSPS) is 17.7. The molecule has 240 valence electrons. The lowest BCUT2D eigenvalue weighted by Crippen LogP contribution is -2.53. The molecule has 0 radical (unpaired) electrons. The highest BCUT2D eigenvalue weighted by molar-refractivity contribution is 9.10. The number of aliphatic hydroxyl groups is 1. The van der Waals surface area contributed by atoms with Gasteiger partial charge in [-0.25, -0.2) is 10.4 Å². The molecule has 9 nitrogen and oxygen atoms in total. The summed E-state index contributed by atoms with van der Waals surface area (Å²) < 4.78 is 18.5. The topological polar surface area (TPSA) is 118 Å². The maximum atomic E-state index is 14.2. The van der Waals surface area contributed by atoms with E-state index in [0.29, 0.717) is 47.9 Å². The molecule has 3 N–H and O–H groups in total. The number of carbonyl (C=O) groups excluding carboxylic acids is 2. The lowest BCUT2D eigenvalue weighted by molar-refractivity contribution is -0.155. The number of rotatable bonds is 14. The van der Waals surface area contributed by atoms with Gasteiger partial charge in [0.25, 0.3) is 5.91 Å². The second-order valence-electron chi connectivity index (χ2n) is 11.7. The molecule has 0 spiro atoms. The minimum atomic E-state index is -1.52. The molecule has 0 saturated heterocycles. The van der Waals surface area contributed by atoms with Crippen LogP contribution in [0.1, 0.15) is 62.8 Å². The fourth-order valence-corrected chi connectivity index (χ4v) is 5.58. The number of hydrazine groups is 1. The van der Waals surface area contributed by atoms with Crippen LogP contribution in [0.25, 0.3) is 0 Å². The summed E-state index contributed by atoms with van der Waals surface area (Å²) in [4.78, 5) is 32.1. The van der Waals surface area contributed by atoms with E-state index in [0.717, 1.165) is 10.0 Å². The summed E-state index contributed by atoms with van der Waals surface area (Å²) in [5.74, 6) is 0.00118. The molecule has 1 aliphatic heterocycles. The van der Waals surface area contributed by atoms with Crippen molar-refractivity contribution < 1.29 is 28.9 Å². The molecule has 0 aliphatic carbocycles. The summed E-state index contributed by atoms with van der Waals surface area (Å²) in [6.07, 6.45) is 0.249. The van der Waals surface area contributed by atoms with Crippen molar-refractivity contribution in [3.63, 3.8) is 0 Å². The van der Waals surface area contributed by atoms with E-state index < -0.39 is 29.1 Å². The smallest absolute Gasteiger partial charge is 0.306 e. The second kappa shape index (κ2) is 15.7. The van der Waals surface area contributed by atoms with Gasteiger partial charge in [-0.2, -0.15) is 0 Å². The molecule has 2 atom stereocenters. The van der Waals surface area contributed by atoms with Crippen molar-refractivity contribution >= 4 is 45.3 Å². The molecule has 0 bridgehead atoms. The first-order chi connectivity index (χ1) is 21.5. The Balaban J connectivity index is 1.65. The summed E-state index contributed by atoms with van der Waals surface area (Å²) in [5, 5.41) is 9.68. The van der Waals surface area contributed by atoms with Gasteiger partial charge in [-0.1, -0.05) is 57.9 Å². The molecule has 0 aromatic heterocycles. The molecule has 1 amide bonds. The van der Waals surface area contributed by atoms with E-state index in [1.165, 1.54) is 0 Å². The zero-order valence-electron chi connectivity index (χ0n) is 25.6. The predicted molar refractivity (Wildman–Crippen MR) is 177 cm³/mol. The monoisotopic (exact) mass is 699 g/mol. The van der Waals surface area contributed by atoms with E-state index in [2.05, 4.69) is 26.8 Å². The van der Waals surface area contributed by atoms with E-state index >= 15 is 0 Å². The van der Waals surface area contributed by atoms with Crippen LogP contribution in [0.3, 0.4) is 0 Å². The van der Waals surface area contributed by atoms with Crippen molar-refractivity contribution in [2.24, 2.45) is 4.99 Å². The molecule has 11 heteroatoms. The van der Waals surface area contributed by atoms with Gasteiger partial charge in [0.15, 0.2) is 11.6 Å². The highest BCUT2D eigenvalue weighted by atomic mass is 79.9. The van der Waals surface area contributed by atoms with E-state index in [1.807, 2.05) is 48.5 Å². The van der Waals surface area contributed by atoms with Crippen LogP contribution in [-0.4, -0.2) is 53.8 Å². The molecule has 45 heavy (non-hydrogen) atoms. The highest BCUT2D eigenvalue weighted by Gasteiger charge is 2.54. The van der Waals surface area contributed by atoms with Gasteiger partial charge < -0.3 is 19.3 Å². The number of ether oxygens (including phenoxy) is 3. The van der Waals surface area contributed by atoms with Gasteiger partial charge in [-0.3, -0.25) is 15.0 Å². The Morgan fingerprint density at radius 3 is 2.53 bits per heavy atom. The van der Waals surface area contributed by atoms with Gasteiger partial charge in [0, 0.05) is 46.6 Å². The Labute approximate surface area is 277 Å². The van der Waals surface area contributed by atoms with Gasteiger partial charge >= 0.3 is 5.97 Å². The molecule has 1 aliphatic rings. The van der Waals surface area contributed by atoms with Crippen molar-refractivity contribution in [2.45, 2.75) is 63.7 Å². The minimum Gasteiger partial charge on any atom is -0.494 e.